The SMILES string of the molecule is O=C(O)CCC(C(=O)O)C(=O)OCC1c2ccccc2-c2ccccc21. The van der Waals surface area contributed by atoms with Crippen LogP contribution < -0.4 is 0 Å². The number of ether oxygens (including phenoxy) is 1. The number of aliphatic carboxylic acids is 2. The van der Waals surface area contributed by atoms with E-state index in [0.29, 0.717) is 0 Å². The molecule has 134 valence electrons. The van der Waals surface area contributed by atoms with Gasteiger partial charge in [0.1, 0.15) is 6.61 Å². The Hall–Kier alpha value is -3.15. The van der Waals surface area contributed by atoms with E-state index in [-0.39, 0.29) is 18.9 Å². The fraction of sp³-hybridized carbons (Fsp3) is 0.250. The first kappa shape index (κ1) is 17.7. The maximum atomic E-state index is 12.2. The summed E-state index contributed by atoms with van der Waals surface area (Å²) in [6, 6.07) is 15.6. The van der Waals surface area contributed by atoms with Crippen LogP contribution in [0.5, 0.6) is 0 Å². The van der Waals surface area contributed by atoms with Crippen molar-refractivity contribution in [1.29, 1.82) is 0 Å². The third kappa shape index (κ3) is 3.44. The Bertz CT molecular complexity index is 811. The molecule has 6 nitrogen and oxygen atoms in total. The highest BCUT2D eigenvalue weighted by molar-refractivity contribution is 5.94. The monoisotopic (exact) mass is 354 g/mol. The minimum Gasteiger partial charge on any atom is -0.481 e. The summed E-state index contributed by atoms with van der Waals surface area (Å²) in [5, 5.41) is 17.9. The van der Waals surface area contributed by atoms with Crippen LogP contribution >= 0.6 is 0 Å². The summed E-state index contributed by atoms with van der Waals surface area (Å²) in [7, 11) is 0. The summed E-state index contributed by atoms with van der Waals surface area (Å²) in [6.07, 6.45) is -0.692. The van der Waals surface area contributed by atoms with E-state index in [1.165, 1.54) is 0 Å². The van der Waals surface area contributed by atoms with Crippen LogP contribution in [-0.2, 0) is 19.1 Å². The minimum absolute atomic E-state index is 0.0176. The zero-order valence-corrected chi connectivity index (χ0v) is 13.9. The summed E-state index contributed by atoms with van der Waals surface area (Å²) >= 11 is 0. The van der Waals surface area contributed by atoms with E-state index in [4.69, 9.17) is 9.84 Å². The maximum absolute atomic E-state index is 12.2. The van der Waals surface area contributed by atoms with Gasteiger partial charge >= 0.3 is 17.9 Å². The Morgan fingerprint density at radius 3 is 1.96 bits per heavy atom. The molecule has 0 aliphatic heterocycles. The highest BCUT2D eigenvalue weighted by Gasteiger charge is 2.32. The average Bonchev–Trinajstić information content (AvgIpc) is 2.93. The average molecular weight is 354 g/mol. The maximum Gasteiger partial charge on any atom is 0.320 e. The number of carboxylic acids is 2. The molecule has 2 aromatic carbocycles. The van der Waals surface area contributed by atoms with Gasteiger partial charge in [-0.05, 0) is 28.7 Å². The number of rotatable bonds is 7. The van der Waals surface area contributed by atoms with Crippen molar-refractivity contribution >= 4 is 17.9 Å². The van der Waals surface area contributed by atoms with Gasteiger partial charge in [0.05, 0.1) is 0 Å². The van der Waals surface area contributed by atoms with Gasteiger partial charge in [-0.1, -0.05) is 48.5 Å². The van der Waals surface area contributed by atoms with Crippen molar-refractivity contribution < 1.29 is 29.3 Å². The van der Waals surface area contributed by atoms with E-state index in [9.17, 15) is 19.5 Å². The van der Waals surface area contributed by atoms with Gasteiger partial charge in [0, 0.05) is 12.3 Å². The van der Waals surface area contributed by atoms with Crippen molar-refractivity contribution in [2.75, 3.05) is 6.61 Å². The molecule has 0 radical (unpaired) electrons. The van der Waals surface area contributed by atoms with E-state index >= 15 is 0 Å². The normalized spacial score (nSPS) is 13.5. The molecular weight excluding hydrogens is 336 g/mol. The van der Waals surface area contributed by atoms with E-state index < -0.39 is 30.2 Å². The Kier molecular flexibility index (Phi) is 5.02. The van der Waals surface area contributed by atoms with Crippen LogP contribution in [0.1, 0.15) is 29.9 Å². The fourth-order valence-electron chi connectivity index (χ4n) is 3.32. The smallest absolute Gasteiger partial charge is 0.320 e. The molecular formula is C20H18O6. The molecule has 6 heteroatoms. The third-order valence-corrected chi connectivity index (χ3v) is 4.58. The standard InChI is InChI=1S/C20H18O6/c21-18(22)10-9-16(19(23)24)20(25)26-11-17-14-7-3-1-5-12(14)13-6-2-4-8-15(13)17/h1-8,16-17H,9-11H2,(H,21,22)(H,23,24). The van der Waals surface area contributed by atoms with Gasteiger partial charge in [-0.3, -0.25) is 14.4 Å². The lowest BCUT2D eigenvalue weighted by molar-refractivity contribution is -0.159. The molecule has 0 spiro atoms. The lowest BCUT2D eigenvalue weighted by atomic mass is 9.98. The van der Waals surface area contributed by atoms with Crippen molar-refractivity contribution in [3.05, 3.63) is 59.7 Å². The molecule has 1 aliphatic carbocycles. The minimum atomic E-state index is -1.47. The molecule has 0 bridgehead atoms. The molecule has 0 saturated carbocycles. The van der Waals surface area contributed by atoms with Crippen molar-refractivity contribution in [3.8, 4) is 11.1 Å². The number of hydrogen-bond acceptors (Lipinski definition) is 4. The number of carbonyl (C=O) groups is 3. The second-order valence-corrected chi connectivity index (χ2v) is 6.18. The van der Waals surface area contributed by atoms with Gasteiger partial charge in [-0.25, -0.2) is 0 Å². The van der Waals surface area contributed by atoms with Gasteiger partial charge in [-0.15, -0.1) is 0 Å². The molecule has 0 amide bonds. The van der Waals surface area contributed by atoms with E-state index in [1.807, 2.05) is 48.5 Å². The Morgan fingerprint density at radius 2 is 1.46 bits per heavy atom. The van der Waals surface area contributed by atoms with Crippen LogP contribution in [0.2, 0.25) is 0 Å². The number of carboxylic acid groups (broad SMARTS) is 2. The molecule has 0 saturated heterocycles. The summed E-state index contributed by atoms with van der Waals surface area (Å²) in [6.45, 7) is 0.0176. The summed E-state index contributed by atoms with van der Waals surface area (Å²) in [5.74, 6) is -5.06. The summed E-state index contributed by atoms with van der Waals surface area (Å²) in [5.41, 5.74) is 4.20. The quantitative estimate of drug-likeness (QED) is 0.586. The Labute approximate surface area is 150 Å². The number of carbonyl (C=O) groups excluding carboxylic acids is 1. The van der Waals surface area contributed by atoms with Crippen LogP contribution in [0, 0.1) is 5.92 Å². The van der Waals surface area contributed by atoms with Crippen LogP contribution in [0.3, 0.4) is 0 Å². The van der Waals surface area contributed by atoms with Crippen LogP contribution in [0.4, 0.5) is 0 Å². The van der Waals surface area contributed by atoms with Crippen molar-refractivity contribution in [1.82, 2.24) is 0 Å². The van der Waals surface area contributed by atoms with Crippen LogP contribution in [-0.4, -0.2) is 34.7 Å². The largest absolute Gasteiger partial charge is 0.481 e. The molecule has 1 aliphatic rings. The molecule has 26 heavy (non-hydrogen) atoms. The van der Waals surface area contributed by atoms with E-state index in [2.05, 4.69) is 0 Å². The lowest BCUT2D eigenvalue weighted by Gasteiger charge is -2.16. The lowest BCUT2D eigenvalue weighted by Crippen LogP contribution is -2.28. The van der Waals surface area contributed by atoms with Crippen LogP contribution in [0.15, 0.2) is 48.5 Å². The van der Waals surface area contributed by atoms with Gasteiger partial charge < -0.3 is 14.9 Å². The predicted octanol–water partition coefficient (Wildman–Crippen LogP) is 2.91. The van der Waals surface area contributed by atoms with Crippen molar-refractivity contribution in [2.24, 2.45) is 5.92 Å². The first-order chi connectivity index (χ1) is 12.5. The number of hydrogen-bond donors (Lipinski definition) is 2. The van der Waals surface area contributed by atoms with Crippen LogP contribution in [0.25, 0.3) is 11.1 Å². The van der Waals surface area contributed by atoms with E-state index in [1.54, 1.807) is 0 Å². The molecule has 2 N–H and O–H groups in total. The zero-order valence-electron chi connectivity index (χ0n) is 13.9. The zero-order chi connectivity index (χ0) is 18.7. The van der Waals surface area contributed by atoms with Gasteiger partial charge in [0.2, 0.25) is 0 Å². The highest BCUT2D eigenvalue weighted by atomic mass is 16.5. The second-order valence-electron chi connectivity index (χ2n) is 6.18. The molecule has 0 fully saturated rings. The van der Waals surface area contributed by atoms with Gasteiger partial charge in [-0.2, -0.15) is 0 Å². The molecule has 3 rings (SSSR count). The number of benzene rings is 2. The first-order valence-electron chi connectivity index (χ1n) is 8.28. The second kappa shape index (κ2) is 7.39. The Balaban J connectivity index is 1.76. The number of esters is 1. The van der Waals surface area contributed by atoms with Gasteiger partial charge in [0.15, 0.2) is 5.92 Å². The third-order valence-electron chi connectivity index (χ3n) is 4.58. The molecule has 0 heterocycles. The first-order valence-corrected chi connectivity index (χ1v) is 8.28. The summed E-state index contributed by atoms with van der Waals surface area (Å²) in [4.78, 5) is 34.1. The summed E-state index contributed by atoms with van der Waals surface area (Å²) < 4.78 is 5.28. The van der Waals surface area contributed by atoms with Gasteiger partial charge in [0.25, 0.3) is 0 Å². The fourth-order valence-corrected chi connectivity index (χ4v) is 3.32. The number of fused-ring (bicyclic) bond motifs is 3. The van der Waals surface area contributed by atoms with Crippen molar-refractivity contribution in [2.45, 2.75) is 18.8 Å². The van der Waals surface area contributed by atoms with E-state index in [0.717, 1.165) is 22.3 Å². The highest BCUT2D eigenvalue weighted by Crippen LogP contribution is 2.44. The topological polar surface area (TPSA) is 101 Å². The molecule has 0 aromatic heterocycles. The Morgan fingerprint density at radius 1 is 0.923 bits per heavy atom. The van der Waals surface area contributed by atoms with Crippen molar-refractivity contribution in [3.63, 3.8) is 0 Å². The molecule has 1 atom stereocenters. The predicted molar refractivity (Wildman–Crippen MR) is 92.7 cm³/mol. The molecule has 1 unspecified atom stereocenters. The molecule has 2 aromatic rings.